The topological polar surface area (TPSA) is 65.5 Å². The average Bonchev–Trinajstić information content (AvgIpc) is 3.10. The first kappa shape index (κ1) is 13.9. The lowest BCUT2D eigenvalue weighted by Gasteiger charge is -2.34. The second-order valence-electron chi connectivity index (χ2n) is 7.08. The number of ether oxygens (including phenoxy) is 1. The van der Waals surface area contributed by atoms with Crippen LogP contribution in [0.2, 0.25) is 0 Å². The Balaban J connectivity index is 1.50. The molecule has 2 N–H and O–H groups in total. The lowest BCUT2D eigenvalue weighted by atomic mass is 10.1. The van der Waals surface area contributed by atoms with Gasteiger partial charge in [0.05, 0.1) is 11.2 Å². The number of aromatic nitrogens is 2. The molecule has 1 saturated carbocycles. The van der Waals surface area contributed by atoms with Gasteiger partial charge in [-0.25, -0.2) is 4.99 Å². The van der Waals surface area contributed by atoms with Crippen LogP contribution in [0.1, 0.15) is 31.9 Å². The summed E-state index contributed by atoms with van der Waals surface area (Å²) in [6.07, 6.45) is 5.62. The molecular formula is C18H21N5O. The number of rotatable bonds is 3. The van der Waals surface area contributed by atoms with Gasteiger partial charge in [0.25, 0.3) is 0 Å². The van der Waals surface area contributed by atoms with Crippen LogP contribution in [0.15, 0.2) is 29.3 Å². The molecule has 1 aromatic heterocycles. The van der Waals surface area contributed by atoms with Crippen molar-refractivity contribution in [2.24, 2.45) is 4.99 Å². The van der Waals surface area contributed by atoms with Crippen molar-refractivity contribution in [3.05, 3.63) is 30.0 Å². The third-order valence-electron chi connectivity index (χ3n) is 5.07. The van der Waals surface area contributed by atoms with Gasteiger partial charge in [0.2, 0.25) is 0 Å². The van der Waals surface area contributed by atoms with Crippen molar-refractivity contribution in [3.63, 3.8) is 0 Å². The molecule has 0 amide bonds. The highest BCUT2D eigenvalue weighted by Crippen LogP contribution is 2.40. The molecule has 1 aliphatic carbocycles. The molecule has 0 atom stereocenters. The second kappa shape index (κ2) is 5.00. The molecule has 2 aromatic rings. The van der Waals surface area contributed by atoms with E-state index in [1.807, 2.05) is 12.1 Å². The SMILES string of the molecule is CC1(Oc2ccc3[nH]nc(C4=CC(N5CCC5)=NCN4)c3c2)CC1. The number of benzene rings is 1. The van der Waals surface area contributed by atoms with E-state index in [1.165, 1.54) is 6.42 Å². The second-order valence-corrected chi connectivity index (χ2v) is 7.08. The number of nitrogens with zero attached hydrogens (tertiary/aromatic N) is 3. The number of fused-ring (bicyclic) bond motifs is 1. The Morgan fingerprint density at radius 3 is 2.88 bits per heavy atom. The van der Waals surface area contributed by atoms with Crippen LogP contribution in [0.4, 0.5) is 0 Å². The first-order chi connectivity index (χ1) is 11.7. The van der Waals surface area contributed by atoms with E-state index in [0.717, 1.165) is 59.8 Å². The highest BCUT2D eigenvalue weighted by molar-refractivity contribution is 6.03. The van der Waals surface area contributed by atoms with Crippen molar-refractivity contribution in [2.45, 2.75) is 31.8 Å². The van der Waals surface area contributed by atoms with Crippen LogP contribution >= 0.6 is 0 Å². The van der Waals surface area contributed by atoms with Crippen LogP contribution in [-0.4, -0.2) is 46.3 Å². The zero-order chi connectivity index (χ0) is 16.1. The summed E-state index contributed by atoms with van der Waals surface area (Å²) in [6, 6.07) is 6.15. The zero-order valence-corrected chi connectivity index (χ0v) is 13.8. The van der Waals surface area contributed by atoms with Gasteiger partial charge in [0.15, 0.2) is 0 Å². The van der Waals surface area contributed by atoms with Gasteiger partial charge in [0.1, 0.15) is 29.5 Å². The molecular weight excluding hydrogens is 302 g/mol. The lowest BCUT2D eigenvalue weighted by molar-refractivity contribution is 0.200. The van der Waals surface area contributed by atoms with Crippen molar-refractivity contribution >= 4 is 22.4 Å². The van der Waals surface area contributed by atoms with Gasteiger partial charge in [-0.15, -0.1) is 0 Å². The fourth-order valence-corrected chi connectivity index (χ4v) is 3.14. The molecule has 1 aromatic carbocycles. The zero-order valence-electron chi connectivity index (χ0n) is 13.8. The lowest BCUT2D eigenvalue weighted by Crippen LogP contribution is -2.43. The minimum absolute atomic E-state index is 0.0251. The molecule has 24 heavy (non-hydrogen) atoms. The summed E-state index contributed by atoms with van der Waals surface area (Å²) in [5.41, 5.74) is 3.00. The van der Waals surface area contributed by atoms with Crippen molar-refractivity contribution in [2.75, 3.05) is 19.8 Å². The summed E-state index contributed by atoms with van der Waals surface area (Å²) >= 11 is 0. The molecule has 2 aliphatic heterocycles. The summed E-state index contributed by atoms with van der Waals surface area (Å²) in [7, 11) is 0. The van der Waals surface area contributed by atoms with Crippen LogP contribution in [-0.2, 0) is 0 Å². The van der Waals surface area contributed by atoms with Gasteiger partial charge in [-0.05, 0) is 44.4 Å². The maximum atomic E-state index is 6.11. The molecule has 6 nitrogen and oxygen atoms in total. The number of hydrogen-bond acceptors (Lipinski definition) is 5. The number of aromatic amines is 1. The Morgan fingerprint density at radius 2 is 2.12 bits per heavy atom. The molecule has 0 spiro atoms. The molecule has 0 bridgehead atoms. The van der Waals surface area contributed by atoms with E-state index in [4.69, 9.17) is 4.74 Å². The number of nitrogens with one attached hydrogen (secondary N) is 2. The summed E-state index contributed by atoms with van der Waals surface area (Å²) < 4.78 is 6.11. The molecule has 124 valence electrons. The Bertz CT molecular complexity index is 857. The molecule has 0 radical (unpaired) electrons. The first-order valence-electron chi connectivity index (χ1n) is 8.63. The highest BCUT2D eigenvalue weighted by atomic mass is 16.5. The minimum Gasteiger partial charge on any atom is -0.488 e. The summed E-state index contributed by atoms with van der Waals surface area (Å²) in [5.74, 6) is 1.97. The molecule has 5 rings (SSSR count). The van der Waals surface area contributed by atoms with E-state index in [9.17, 15) is 0 Å². The largest absolute Gasteiger partial charge is 0.488 e. The standard InChI is InChI=1S/C18H21N5O/c1-18(5-6-18)24-12-3-4-14-13(9-12)17(22-21-14)15-10-16(20-11-19-15)23-7-2-8-23/h3-4,9-10,19H,2,5-8,11H2,1H3,(H,21,22). The van der Waals surface area contributed by atoms with Gasteiger partial charge in [-0.3, -0.25) is 5.10 Å². The fraction of sp³-hybridized carbons (Fsp3) is 0.444. The maximum absolute atomic E-state index is 6.11. The number of H-pyrrole nitrogens is 1. The first-order valence-corrected chi connectivity index (χ1v) is 8.63. The highest BCUT2D eigenvalue weighted by Gasteiger charge is 2.40. The van der Waals surface area contributed by atoms with Gasteiger partial charge in [0, 0.05) is 24.6 Å². The Hall–Kier alpha value is -2.50. The quantitative estimate of drug-likeness (QED) is 0.911. The van der Waals surface area contributed by atoms with Gasteiger partial charge in [-0.1, -0.05) is 0 Å². The van der Waals surface area contributed by atoms with Crippen LogP contribution < -0.4 is 10.1 Å². The third-order valence-corrected chi connectivity index (χ3v) is 5.07. The molecule has 3 heterocycles. The van der Waals surface area contributed by atoms with E-state index < -0.39 is 0 Å². The fourth-order valence-electron chi connectivity index (χ4n) is 3.14. The monoisotopic (exact) mass is 323 g/mol. The van der Waals surface area contributed by atoms with E-state index in [0.29, 0.717) is 6.67 Å². The molecule has 2 fully saturated rings. The van der Waals surface area contributed by atoms with Gasteiger partial charge >= 0.3 is 0 Å². The van der Waals surface area contributed by atoms with E-state index in [-0.39, 0.29) is 5.60 Å². The normalized spacial score (nSPS) is 21.6. The molecule has 1 saturated heterocycles. The number of likely N-dealkylation sites (tertiary alicyclic amines) is 1. The van der Waals surface area contributed by atoms with Crippen LogP contribution in [0.25, 0.3) is 16.6 Å². The molecule has 6 heteroatoms. The van der Waals surface area contributed by atoms with Crippen molar-refractivity contribution < 1.29 is 4.74 Å². The Labute approximate surface area is 140 Å². The number of amidine groups is 1. The van der Waals surface area contributed by atoms with Crippen LogP contribution in [0.5, 0.6) is 5.75 Å². The van der Waals surface area contributed by atoms with Crippen LogP contribution in [0.3, 0.4) is 0 Å². The van der Waals surface area contributed by atoms with Gasteiger partial charge in [-0.2, -0.15) is 5.10 Å². The molecule has 0 unspecified atom stereocenters. The summed E-state index contributed by atoms with van der Waals surface area (Å²) in [6.45, 7) is 4.95. The van der Waals surface area contributed by atoms with E-state index in [1.54, 1.807) is 0 Å². The minimum atomic E-state index is 0.0251. The van der Waals surface area contributed by atoms with Crippen LogP contribution in [0, 0.1) is 0 Å². The number of hydrogen-bond donors (Lipinski definition) is 2. The maximum Gasteiger partial charge on any atom is 0.127 e. The predicted octanol–water partition coefficient (Wildman–Crippen LogP) is 2.50. The predicted molar refractivity (Wildman–Crippen MR) is 94.0 cm³/mol. The smallest absolute Gasteiger partial charge is 0.127 e. The summed E-state index contributed by atoms with van der Waals surface area (Å²) in [5, 5.41) is 12.1. The number of aliphatic imine (C=N–C) groups is 1. The van der Waals surface area contributed by atoms with Crippen molar-refractivity contribution in [3.8, 4) is 5.75 Å². The third kappa shape index (κ3) is 2.33. The Morgan fingerprint density at radius 1 is 1.25 bits per heavy atom. The Kier molecular flexibility index (Phi) is 2.89. The molecule has 3 aliphatic rings. The van der Waals surface area contributed by atoms with Crippen molar-refractivity contribution in [1.29, 1.82) is 0 Å². The average molecular weight is 323 g/mol. The summed E-state index contributed by atoms with van der Waals surface area (Å²) in [4.78, 5) is 6.86. The van der Waals surface area contributed by atoms with Crippen molar-refractivity contribution in [1.82, 2.24) is 20.4 Å². The van der Waals surface area contributed by atoms with E-state index in [2.05, 4.69) is 44.5 Å². The van der Waals surface area contributed by atoms with E-state index >= 15 is 0 Å². The van der Waals surface area contributed by atoms with Gasteiger partial charge < -0.3 is 15.0 Å².